The molecule has 3 nitrogen and oxygen atoms in total. The Morgan fingerprint density at radius 1 is 1.11 bits per heavy atom. The van der Waals surface area contributed by atoms with Crippen molar-refractivity contribution in [1.82, 2.24) is 10.2 Å². The number of nitrogens with one attached hydrogen (secondary N) is 1. The molecule has 0 aliphatic carbocycles. The Morgan fingerprint density at radius 2 is 1.89 bits per heavy atom. The van der Waals surface area contributed by atoms with E-state index in [1.165, 1.54) is 12.1 Å². The average Bonchev–Trinajstić information content (AvgIpc) is 2.93. The summed E-state index contributed by atoms with van der Waals surface area (Å²) in [6.07, 6.45) is -3.52. The molecule has 1 aliphatic heterocycles. The molecule has 2 aromatic carbocycles. The molecule has 0 bridgehead atoms. The molecule has 28 heavy (non-hydrogen) atoms. The Labute approximate surface area is 168 Å². The fraction of sp³-hybridized carbons (Fsp3) is 0.429. The smallest absolute Gasteiger partial charge is 0.416 e. The third-order valence-electron chi connectivity index (χ3n) is 4.87. The zero-order valence-electron chi connectivity index (χ0n) is 15.7. The second kappa shape index (κ2) is 9.16. The second-order valence-corrected chi connectivity index (χ2v) is 7.15. The molecule has 152 valence electrons. The summed E-state index contributed by atoms with van der Waals surface area (Å²) in [7, 11) is 0. The van der Waals surface area contributed by atoms with E-state index in [0.717, 1.165) is 37.7 Å². The van der Waals surface area contributed by atoms with Crippen LogP contribution in [0.5, 0.6) is 5.75 Å². The van der Waals surface area contributed by atoms with E-state index in [0.29, 0.717) is 29.5 Å². The van der Waals surface area contributed by atoms with E-state index in [-0.39, 0.29) is 0 Å². The van der Waals surface area contributed by atoms with Gasteiger partial charge in [0.1, 0.15) is 5.75 Å². The largest absolute Gasteiger partial charge is 0.494 e. The molecule has 0 spiro atoms. The zero-order chi connectivity index (χ0) is 20.1. The first-order chi connectivity index (χ1) is 13.4. The summed E-state index contributed by atoms with van der Waals surface area (Å²) in [6.45, 7) is 5.47. The molecule has 3 rings (SSSR count). The maximum absolute atomic E-state index is 13.4. The van der Waals surface area contributed by atoms with E-state index < -0.39 is 17.8 Å². The molecule has 1 N–H and O–H groups in total. The minimum atomic E-state index is -4.43. The molecule has 1 fully saturated rings. The molecule has 7 heteroatoms. The highest BCUT2D eigenvalue weighted by molar-refractivity contribution is 6.31. The molecular weight excluding hydrogens is 389 g/mol. The molecule has 2 aromatic rings. The van der Waals surface area contributed by atoms with Gasteiger partial charge in [0.25, 0.3) is 0 Å². The monoisotopic (exact) mass is 412 g/mol. The average molecular weight is 413 g/mol. The van der Waals surface area contributed by atoms with Crippen LogP contribution in [0.4, 0.5) is 13.2 Å². The van der Waals surface area contributed by atoms with Crippen LogP contribution >= 0.6 is 11.6 Å². The summed E-state index contributed by atoms with van der Waals surface area (Å²) in [5.74, 6) is 0.667. The van der Waals surface area contributed by atoms with Gasteiger partial charge in [-0.1, -0.05) is 29.8 Å². The van der Waals surface area contributed by atoms with Crippen LogP contribution in [0.3, 0.4) is 0 Å². The van der Waals surface area contributed by atoms with E-state index in [1.807, 2.05) is 31.2 Å². The first kappa shape index (κ1) is 21.0. The lowest BCUT2D eigenvalue weighted by Crippen LogP contribution is -2.33. The van der Waals surface area contributed by atoms with Crippen LogP contribution in [-0.2, 0) is 6.18 Å². The lowest BCUT2D eigenvalue weighted by Gasteiger charge is -2.33. The van der Waals surface area contributed by atoms with E-state index in [1.54, 1.807) is 0 Å². The molecule has 1 unspecified atom stereocenters. The Balaban J connectivity index is 2.15. The Hall–Kier alpha value is -1.76. The Morgan fingerprint density at radius 3 is 2.64 bits per heavy atom. The number of hydrogen-bond acceptors (Lipinski definition) is 3. The molecule has 1 aliphatic rings. The van der Waals surface area contributed by atoms with Crippen molar-refractivity contribution in [1.29, 1.82) is 0 Å². The van der Waals surface area contributed by atoms with Crippen molar-refractivity contribution in [2.45, 2.75) is 25.6 Å². The van der Waals surface area contributed by atoms with Crippen LogP contribution in [0.15, 0.2) is 42.5 Å². The van der Waals surface area contributed by atoms with Crippen molar-refractivity contribution in [2.24, 2.45) is 0 Å². The summed E-state index contributed by atoms with van der Waals surface area (Å²) in [6, 6.07) is 10.6. The SMILES string of the molecule is CCOc1ccccc1C(c1cc(C(F)(F)F)ccc1Cl)N1CCCNCC1. The molecule has 0 radical (unpaired) electrons. The maximum Gasteiger partial charge on any atom is 0.416 e. The van der Waals surface area contributed by atoms with Gasteiger partial charge >= 0.3 is 6.18 Å². The van der Waals surface area contributed by atoms with Crippen molar-refractivity contribution < 1.29 is 17.9 Å². The lowest BCUT2D eigenvalue weighted by molar-refractivity contribution is -0.137. The fourth-order valence-electron chi connectivity index (χ4n) is 3.61. The normalized spacial score (nSPS) is 17.2. The molecular formula is C21H24ClF3N2O. The summed E-state index contributed by atoms with van der Waals surface area (Å²) in [5, 5.41) is 3.66. The van der Waals surface area contributed by atoms with Gasteiger partial charge in [0, 0.05) is 30.2 Å². The Kier molecular flexibility index (Phi) is 6.86. The van der Waals surface area contributed by atoms with Gasteiger partial charge in [0.2, 0.25) is 0 Å². The molecule has 0 saturated carbocycles. The zero-order valence-corrected chi connectivity index (χ0v) is 16.5. The molecule has 0 aromatic heterocycles. The number of para-hydroxylation sites is 1. The predicted molar refractivity (Wildman–Crippen MR) is 105 cm³/mol. The minimum absolute atomic E-state index is 0.321. The van der Waals surface area contributed by atoms with Crippen LogP contribution in [-0.4, -0.2) is 37.7 Å². The number of alkyl halides is 3. The van der Waals surface area contributed by atoms with E-state index in [2.05, 4.69) is 10.2 Å². The highest BCUT2D eigenvalue weighted by atomic mass is 35.5. The third-order valence-corrected chi connectivity index (χ3v) is 5.22. The summed E-state index contributed by atoms with van der Waals surface area (Å²) >= 11 is 6.43. The van der Waals surface area contributed by atoms with Crippen LogP contribution in [0.25, 0.3) is 0 Å². The van der Waals surface area contributed by atoms with Crippen LogP contribution in [0.2, 0.25) is 5.02 Å². The van der Waals surface area contributed by atoms with Crippen molar-refractivity contribution in [3.8, 4) is 5.75 Å². The predicted octanol–water partition coefficient (Wildman–Crippen LogP) is 5.14. The van der Waals surface area contributed by atoms with Gasteiger partial charge in [0.05, 0.1) is 18.2 Å². The number of benzene rings is 2. The highest BCUT2D eigenvalue weighted by Gasteiger charge is 2.34. The number of nitrogens with zero attached hydrogens (tertiary/aromatic N) is 1. The van der Waals surface area contributed by atoms with Gasteiger partial charge in [0.15, 0.2) is 0 Å². The number of rotatable bonds is 5. The first-order valence-corrected chi connectivity index (χ1v) is 9.82. The first-order valence-electron chi connectivity index (χ1n) is 9.45. The van der Waals surface area contributed by atoms with Crippen LogP contribution in [0.1, 0.15) is 36.1 Å². The number of hydrogen-bond donors (Lipinski definition) is 1. The Bertz CT molecular complexity index is 789. The van der Waals surface area contributed by atoms with Gasteiger partial charge in [-0.2, -0.15) is 13.2 Å². The number of ether oxygens (including phenoxy) is 1. The van der Waals surface area contributed by atoms with Crippen LogP contribution in [0, 0.1) is 0 Å². The van der Waals surface area contributed by atoms with Crippen LogP contribution < -0.4 is 10.1 Å². The second-order valence-electron chi connectivity index (χ2n) is 6.75. The highest BCUT2D eigenvalue weighted by Crippen LogP contribution is 2.41. The van der Waals surface area contributed by atoms with Gasteiger partial charge in [-0.15, -0.1) is 0 Å². The summed E-state index contributed by atoms with van der Waals surface area (Å²) in [4.78, 5) is 2.18. The van der Waals surface area contributed by atoms with Gasteiger partial charge in [-0.25, -0.2) is 0 Å². The lowest BCUT2D eigenvalue weighted by atomic mass is 9.94. The fourth-order valence-corrected chi connectivity index (χ4v) is 3.83. The van der Waals surface area contributed by atoms with Crippen molar-refractivity contribution in [3.05, 3.63) is 64.2 Å². The van der Waals surface area contributed by atoms with E-state index in [9.17, 15) is 13.2 Å². The summed E-state index contributed by atoms with van der Waals surface area (Å²) < 4.78 is 45.9. The van der Waals surface area contributed by atoms with E-state index in [4.69, 9.17) is 16.3 Å². The van der Waals surface area contributed by atoms with Gasteiger partial charge in [-0.3, -0.25) is 4.90 Å². The quantitative estimate of drug-likeness (QED) is 0.735. The van der Waals surface area contributed by atoms with Crippen molar-refractivity contribution in [2.75, 3.05) is 32.8 Å². The van der Waals surface area contributed by atoms with Crippen molar-refractivity contribution >= 4 is 11.6 Å². The molecule has 1 saturated heterocycles. The van der Waals surface area contributed by atoms with Crippen molar-refractivity contribution in [3.63, 3.8) is 0 Å². The standard InChI is InChI=1S/C21H24ClF3N2O/c1-2-28-19-7-4-3-6-16(19)20(27-12-5-10-26-11-13-27)17-14-15(21(23,24)25)8-9-18(17)22/h3-4,6-9,14,20,26H,2,5,10-13H2,1H3. The molecule has 1 heterocycles. The number of halogens is 4. The molecule has 1 atom stereocenters. The topological polar surface area (TPSA) is 24.5 Å². The maximum atomic E-state index is 13.4. The summed E-state index contributed by atoms with van der Waals surface area (Å²) in [5.41, 5.74) is 0.580. The third kappa shape index (κ3) is 4.80. The van der Waals surface area contributed by atoms with Gasteiger partial charge in [-0.05, 0) is 49.7 Å². The van der Waals surface area contributed by atoms with E-state index >= 15 is 0 Å². The molecule has 0 amide bonds. The van der Waals surface area contributed by atoms with Gasteiger partial charge < -0.3 is 10.1 Å². The minimum Gasteiger partial charge on any atom is -0.494 e.